The molecule has 0 spiro atoms. The fourth-order valence-electron chi connectivity index (χ4n) is 8.83. The summed E-state index contributed by atoms with van der Waals surface area (Å²) in [5, 5.41) is 68.9. The van der Waals surface area contributed by atoms with Crippen molar-refractivity contribution < 1.29 is 83.1 Å². The van der Waals surface area contributed by atoms with Crippen molar-refractivity contribution in [1.29, 1.82) is 0 Å². The number of hydrogen-bond acceptors (Lipinski definition) is 18. The maximum atomic E-state index is 14.3. The molecule has 1 aromatic rings. The smallest absolute Gasteiger partial charge is 0.326 e. The largest absolute Gasteiger partial charge is 0.481 e. The zero-order valence-electron chi connectivity index (χ0n) is 45.6. The minimum absolute atomic E-state index is 0.00997. The Labute approximate surface area is 461 Å². The first-order valence-electron chi connectivity index (χ1n) is 26.6. The van der Waals surface area contributed by atoms with Crippen molar-refractivity contribution in [3.8, 4) is 0 Å². The Kier molecular flexibility index (Phi) is 27.3. The third-order valence-electron chi connectivity index (χ3n) is 13.8. The first-order valence-corrected chi connectivity index (χ1v) is 26.6. The molecule has 18 N–H and O–H groups in total. The van der Waals surface area contributed by atoms with Gasteiger partial charge in [0.05, 0.1) is 44.7 Å². The van der Waals surface area contributed by atoms with Gasteiger partial charge in [-0.2, -0.15) is 0 Å². The van der Waals surface area contributed by atoms with Gasteiger partial charge < -0.3 is 94.3 Å². The van der Waals surface area contributed by atoms with Crippen LogP contribution in [0.3, 0.4) is 0 Å². The standard InChI is InChI=1S/C49H80N14O17/c1-6-25(4)38(60-35(67)20-53-40(70)29(17-27-19-52-23-54-27)57-44(74)37(51)24(2)3)45(75)59-32(22-65)47(77)63-16-10-13-34(63)48(78)62-15-9-12-33(62)43(73)56-30(18-36(68)69)41(71)58-31(21-64)42(72)61-39(26(5)66)46(76)55-28(49(79)80)11-7-8-14-50/h19,23-26,28-34,37-39,64-66H,6-18,20-22,50-51H2,1-5H3,(H,52,54)(H,53,70)(H,55,76)(H,56,73)(H,57,74)(H,58,71)(H,59,75)(H,60,67)(H,61,72)(H,68,69)(H,79,80)/t25-,26+,28-,29-,30-,31-,32-,33-,34-,37-,38-,39-/m0/s1. The SMILES string of the molecule is CC[C@H](C)[C@H](NC(=O)CNC(=O)[C@H](Cc1cnc[nH]1)NC(=O)[C@@H](N)C(C)C)C(=O)N[C@@H](CO)C(=O)N1CCC[C@H]1C(=O)N1CCC[C@H]1C(=O)N[C@@H](CC(=O)O)C(=O)N[C@@H](CO)C(=O)N[C@H](C(=O)N[C@@H](CCCCN)C(=O)O)[C@@H](C)O. The van der Waals surface area contributed by atoms with Crippen molar-refractivity contribution >= 4 is 71.0 Å². The molecule has 448 valence electrons. The number of H-pyrrole nitrogens is 1. The molecule has 3 heterocycles. The van der Waals surface area contributed by atoms with E-state index >= 15 is 0 Å². The number of aliphatic hydroxyl groups is 3. The summed E-state index contributed by atoms with van der Waals surface area (Å²) in [6.45, 7) is 5.46. The second-order valence-electron chi connectivity index (χ2n) is 20.2. The van der Waals surface area contributed by atoms with Crippen molar-refractivity contribution in [2.24, 2.45) is 23.3 Å². The number of aromatic amines is 1. The van der Waals surface area contributed by atoms with Crippen molar-refractivity contribution in [3.05, 3.63) is 18.2 Å². The van der Waals surface area contributed by atoms with Gasteiger partial charge in [-0.3, -0.25) is 52.7 Å². The number of rotatable bonds is 33. The number of nitrogens with one attached hydrogen (secondary N) is 9. The Morgan fingerprint density at radius 3 is 1.85 bits per heavy atom. The summed E-state index contributed by atoms with van der Waals surface area (Å²) in [5.41, 5.74) is 11.9. The molecule has 0 aliphatic carbocycles. The van der Waals surface area contributed by atoms with Crippen LogP contribution in [0.25, 0.3) is 0 Å². The lowest BCUT2D eigenvalue weighted by Gasteiger charge is -2.33. The first-order chi connectivity index (χ1) is 37.8. The molecule has 12 atom stereocenters. The summed E-state index contributed by atoms with van der Waals surface area (Å²) < 4.78 is 0. The van der Waals surface area contributed by atoms with E-state index in [1.807, 2.05) is 0 Å². The minimum atomic E-state index is -1.92. The van der Waals surface area contributed by atoms with Crippen molar-refractivity contribution in [2.75, 3.05) is 39.4 Å². The van der Waals surface area contributed by atoms with Gasteiger partial charge in [0.15, 0.2) is 0 Å². The molecule has 31 nitrogen and oxygen atoms in total. The second-order valence-corrected chi connectivity index (χ2v) is 20.2. The van der Waals surface area contributed by atoms with Crippen LogP contribution in [0.15, 0.2) is 12.5 Å². The Balaban J connectivity index is 1.69. The van der Waals surface area contributed by atoms with Gasteiger partial charge in [0.25, 0.3) is 0 Å². The van der Waals surface area contributed by atoms with E-state index in [4.69, 9.17) is 11.5 Å². The molecule has 0 aromatic carbocycles. The van der Waals surface area contributed by atoms with Crippen LogP contribution in [0.4, 0.5) is 0 Å². The van der Waals surface area contributed by atoms with E-state index in [0.29, 0.717) is 25.0 Å². The second kappa shape index (κ2) is 32.7. The highest BCUT2D eigenvalue weighted by Gasteiger charge is 2.45. The van der Waals surface area contributed by atoms with Gasteiger partial charge in [-0.15, -0.1) is 0 Å². The molecule has 2 aliphatic rings. The van der Waals surface area contributed by atoms with Gasteiger partial charge in [-0.1, -0.05) is 34.1 Å². The van der Waals surface area contributed by atoms with E-state index in [1.165, 1.54) is 12.5 Å². The van der Waals surface area contributed by atoms with Crippen molar-refractivity contribution in [2.45, 2.75) is 165 Å². The molecule has 2 saturated heterocycles. The lowest BCUT2D eigenvalue weighted by atomic mass is 9.97. The molecule has 0 unspecified atom stereocenters. The number of nitrogens with zero attached hydrogens (tertiary/aromatic N) is 3. The van der Waals surface area contributed by atoms with Gasteiger partial charge in [0.2, 0.25) is 59.1 Å². The molecule has 3 rings (SSSR count). The van der Waals surface area contributed by atoms with Crippen LogP contribution in [0.1, 0.15) is 98.1 Å². The molecular formula is C49H80N14O17. The van der Waals surface area contributed by atoms with Crippen LogP contribution in [0, 0.1) is 11.8 Å². The quantitative estimate of drug-likeness (QED) is 0.0291. The summed E-state index contributed by atoms with van der Waals surface area (Å²) in [4.78, 5) is 168. The van der Waals surface area contributed by atoms with Gasteiger partial charge in [0.1, 0.15) is 54.4 Å². The zero-order valence-corrected chi connectivity index (χ0v) is 45.6. The van der Waals surface area contributed by atoms with Crippen LogP contribution in [-0.2, 0) is 64.0 Å². The number of carbonyl (C=O) groups excluding carboxylic acids is 10. The van der Waals surface area contributed by atoms with E-state index < -0.39 is 170 Å². The summed E-state index contributed by atoms with van der Waals surface area (Å²) in [7, 11) is 0. The topological polar surface area (TPSA) is 489 Å². The molecule has 0 saturated carbocycles. The number of hydrogen-bond donors (Lipinski definition) is 16. The van der Waals surface area contributed by atoms with Crippen LogP contribution in [0.5, 0.6) is 0 Å². The summed E-state index contributed by atoms with van der Waals surface area (Å²) in [5.74, 6) is -13.1. The number of likely N-dealkylation sites (tertiary alicyclic amines) is 2. The highest BCUT2D eigenvalue weighted by Crippen LogP contribution is 2.26. The van der Waals surface area contributed by atoms with Gasteiger partial charge >= 0.3 is 11.9 Å². The van der Waals surface area contributed by atoms with Crippen LogP contribution in [-0.4, -0.2) is 222 Å². The number of aliphatic hydroxyl groups excluding tert-OH is 3. The average molecular weight is 1140 g/mol. The maximum Gasteiger partial charge on any atom is 0.326 e. The highest BCUT2D eigenvalue weighted by atomic mass is 16.4. The number of carbonyl (C=O) groups is 12. The van der Waals surface area contributed by atoms with E-state index in [2.05, 4.69) is 52.5 Å². The molecule has 2 aliphatic heterocycles. The number of aromatic nitrogens is 2. The number of nitrogens with two attached hydrogens (primary N) is 2. The molecule has 0 radical (unpaired) electrons. The Morgan fingerprint density at radius 1 is 0.700 bits per heavy atom. The fraction of sp³-hybridized carbons (Fsp3) is 0.694. The predicted molar refractivity (Wildman–Crippen MR) is 279 cm³/mol. The van der Waals surface area contributed by atoms with Gasteiger partial charge in [-0.05, 0) is 70.3 Å². The van der Waals surface area contributed by atoms with Crippen LogP contribution in [0.2, 0.25) is 0 Å². The Morgan fingerprint density at radius 2 is 1.29 bits per heavy atom. The first kappa shape index (κ1) is 66.9. The summed E-state index contributed by atoms with van der Waals surface area (Å²) in [6, 6.07) is -14.6. The monoisotopic (exact) mass is 1140 g/mol. The number of unbranched alkanes of at least 4 members (excludes halogenated alkanes) is 1. The molecular weight excluding hydrogens is 1060 g/mol. The molecule has 10 amide bonds. The number of carboxylic acids is 2. The normalized spacial score (nSPS) is 18.8. The predicted octanol–water partition coefficient (Wildman–Crippen LogP) is -6.47. The minimum Gasteiger partial charge on any atom is -0.481 e. The third kappa shape index (κ3) is 19.8. The van der Waals surface area contributed by atoms with E-state index in [0.717, 1.165) is 16.7 Å². The summed E-state index contributed by atoms with van der Waals surface area (Å²) in [6.07, 6.45) is 1.87. The van der Waals surface area contributed by atoms with E-state index in [-0.39, 0.29) is 64.1 Å². The van der Waals surface area contributed by atoms with Gasteiger partial charge in [0, 0.05) is 31.4 Å². The zero-order chi connectivity index (χ0) is 60.0. The van der Waals surface area contributed by atoms with E-state index in [9.17, 15) is 83.1 Å². The van der Waals surface area contributed by atoms with Crippen molar-refractivity contribution in [3.63, 3.8) is 0 Å². The Bertz CT molecular complexity index is 2320. The van der Waals surface area contributed by atoms with Crippen LogP contribution < -0.4 is 54.0 Å². The molecule has 0 bridgehead atoms. The van der Waals surface area contributed by atoms with E-state index in [1.54, 1.807) is 27.7 Å². The lowest BCUT2D eigenvalue weighted by molar-refractivity contribution is -0.149. The number of imidazole rings is 1. The number of aliphatic carboxylic acids is 2. The maximum absolute atomic E-state index is 14.3. The molecule has 31 heteroatoms. The molecule has 2 fully saturated rings. The number of carboxylic acid groups (broad SMARTS) is 2. The third-order valence-corrected chi connectivity index (χ3v) is 13.8. The average Bonchev–Trinajstić information content (AvgIpc) is 4.24. The molecule has 80 heavy (non-hydrogen) atoms. The van der Waals surface area contributed by atoms with Gasteiger partial charge in [-0.25, -0.2) is 9.78 Å². The highest BCUT2D eigenvalue weighted by molar-refractivity contribution is 5.99. The summed E-state index contributed by atoms with van der Waals surface area (Å²) >= 11 is 0. The number of amides is 10. The van der Waals surface area contributed by atoms with Crippen molar-refractivity contribution in [1.82, 2.24) is 62.3 Å². The fourth-order valence-corrected chi connectivity index (χ4v) is 8.83. The lowest BCUT2D eigenvalue weighted by Crippen LogP contribution is -2.62. The Hall–Kier alpha value is -7.35. The molecule has 1 aromatic heterocycles. The van der Waals surface area contributed by atoms with Crippen LogP contribution >= 0.6 is 0 Å².